The van der Waals surface area contributed by atoms with Gasteiger partial charge in [0.15, 0.2) is 18.2 Å². The molecule has 0 radical (unpaired) electrons. The number of carbonyl (C=O) groups is 1. The Bertz CT molecular complexity index is 1240. The number of benzene rings is 2. The molecule has 3 aliphatic heterocycles. The number of phenols is 2. The van der Waals surface area contributed by atoms with Gasteiger partial charge < -0.3 is 64.5 Å². The highest BCUT2D eigenvalue weighted by Gasteiger charge is 2.51. The smallest absolute Gasteiger partial charge is 0.229 e. The van der Waals surface area contributed by atoms with Crippen molar-refractivity contribution in [2.24, 2.45) is 0 Å². The Morgan fingerprint density at radius 2 is 1.59 bits per heavy atom. The van der Waals surface area contributed by atoms with Gasteiger partial charge in [0, 0.05) is 12.1 Å². The summed E-state index contributed by atoms with van der Waals surface area (Å²) in [6.07, 6.45) is -16.0. The van der Waals surface area contributed by atoms with Gasteiger partial charge in [-0.25, -0.2) is 0 Å². The zero-order valence-electron chi connectivity index (χ0n) is 21.8. The summed E-state index contributed by atoms with van der Waals surface area (Å²) in [5, 5.41) is 81.6. The predicted molar refractivity (Wildman–Crippen MR) is 134 cm³/mol. The first-order valence-corrected chi connectivity index (χ1v) is 13.0. The number of Topliss-reactive ketones (excluding diaryl/α,β-unsaturated/α-hetero) is 1. The van der Waals surface area contributed by atoms with Gasteiger partial charge in [0.05, 0.1) is 19.1 Å². The topological polar surface area (TPSA) is 225 Å². The third kappa shape index (κ3) is 5.70. The van der Waals surface area contributed by atoms with Crippen LogP contribution in [0.1, 0.15) is 35.4 Å². The lowest BCUT2D eigenvalue weighted by Gasteiger charge is -2.45. The number of carbonyl (C=O) groups excluding carboxylic acids is 1. The molecule has 2 saturated heterocycles. The molecule has 2 aromatic rings. The standard InChI is InChI=1S/C27H32O14/c1-10-20(32)22(34)24(36)26(37-10)41-25-23(35)21(33)18(9-28)40-27(25)38-13-6-14(30)19-15(31)8-16(39-17(19)7-13)11-2-4-12(29)5-3-11/h2-7,10,16,18,20-30,32-36H,8-9H2,1H3/t10-,16+,18+,20-,21+,22-,23-,24-,25+,26+,27+/m1/s1. The quantitative estimate of drug-likeness (QED) is 0.202. The summed E-state index contributed by atoms with van der Waals surface area (Å²) >= 11 is 0. The monoisotopic (exact) mass is 580 g/mol. The Morgan fingerprint density at radius 3 is 2.27 bits per heavy atom. The highest BCUT2D eigenvalue weighted by atomic mass is 16.8. The molecular weight excluding hydrogens is 548 g/mol. The normalized spacial score (nSPS) is 37.2. The molecule has 8 N–H and O–H groups in total. The summed E-state index contributed by atoms with van der Waals surface area (Å²) < 4.78 is 28.6. The van der Waals surface area contributed by atoms with Crippen LogP contribution in [-0.4, -0.2) is 115 Å². The van der Waals surface area contributed by atoms with Crippen molar-refractivity contribution in [1.82, 2.24) is 0 Å². The molecule has 0 spiro atoms. The molecule has 41 heavy (non-hydrogen) atoms. The van der Waals surface area contributed by atoms with Crippen molar-refractivity contribution in [2.75, 3.05) is 6.61 Å². The first kappa shape index (κ1) is 29.4. The first-order valence-electron chi connectivity index (χ1n) is 13.0. The molecule has 0 amide bonds. The van der Waals surface area contributed by atoms with E-state index >= 15 is 0 Å². The number of hydrogen-bond donors (Lipinski definition) is 8. The van der Waals surface area contributed by atoms with Crippen LogP contribution >= 0.6 is 0 Å². The molecule has 0 aromatic heterocycles. The Balaban J connectivity index is 1.41. The van der Waals surface area contributed by atoms with E-state index in [9.17, 15) is 45.6 Å². The predicted octanol–water partition coefficient (Wildman–Crippen LogP) is -1.17. The van der Waals surface area contributed by atoms with E-state index in [-0.39, 0.29) is 29.2 Å². The fourth-order valence-corrected chi connectivity index (χ4v) is 5.07. The maximum Gasteiger partial charge on any atom is 0.229 e. The van der Waals surface area contributed by atoms with Gasteiger partial charge in [0.1, 0.15) is 71.3 Å². The summed E-state index contributed by atoms with van der Waals surface area (Å²) in [5.74, 6) is -0.947. The Morgan fingerprint density at radius 1 is 0.878 bits per heavy atom. The molecule has 11 atom stereocenters. The second-order valence-electron chi connectivity index (χ2n) is 10.2. The number of aliphatic hydroxyl groups is 6. The Labute approximate surface area is 233 Å². The van der Waals surface area contributed by atoms with Crippen LogP contribution < -0.4 is 9.47 Å². The highest BCUT2D eigenvalue weighted by Crippen LogP contribution is 2.43. The number of ether oxygens (including phenoxy) is 5. The molecule has 14 heteroatoms. The summed E-state index contributed by atoms with van der Waals surface area (Å²) in [5.41, 5.74) is 0.529. The van der Waals surface area contributed by atoms with Crippen LogP contribution in [0.3, 0.4) is 0 Å². The average Bonchev–Trinajstić information content (AvgIpc) is 2.94. The lowest BCUT2D eigenvalue weighted by Crippen LogP contribution is -2.64. The van der Waals surface area contributed by atoms with Crippen molar-refractivity contribution in [3.05, 3.63) is 47.5 Å². The molecule has 14 nitrogen and oxygen atoms in total. The van der Waals surface area contributed by atoms with Crippen molar-refractivity contribution in [3.63, 3.8) is 0 Å². The molecule has 3 aliphatic rings. The van der Waals surface area contributed by atoms with E-state index in [0.717, 1.165) is 6.07 Å². The van der Waals surface area contributed by atoms with Gasteiger partial charge in [0.25, 0.3) is 0 Å². The second-order valence-corrected chi connectivity index (χ2v) is 10.2. The Kier molecular flexibility index (Phi) is 8.39. The molecule has 2 aromatic carbocycles. The minimum absolute atomic E-state index is 0.0149. The molecular formula is C27H32O14. The van der Waals surface area contributed by atoms with Crippen molar-refractivity contribution < 1.29 is 69.3 Å². The lowest BCUT2D eigenvalue weighted by atomic mass is 9.95. The SMILES string of the molecule is C[C@H]1O[C@@H](O[C@@H]2[C@@H](Oc3cc(O)c4c(c3)O[C@H](c3ccc(O)cc3)CC4=O)O[C@@H](CO)[C@H](O)[C@H]2O)[C@H](O)[C@H](O)[C@@H]1O. The zero-order valence-corrected chi connectivity index (χ0v) is 21.8. The number of phenolic OH excluding ortho intramolecular Hbond substituents is 2. The number of fused-ring (bicyclic) bond motifs is 1. The maximum absolute atomic E-state index is 12.9. The van der Waals surface area contributed by atoms with Crippen LogP contribution in [0.25, 0.3) is 0 Å². The van der Waals surface area contributed by atoms with E-state index in [1.165, 1.54) is 25.1 Å². The zero-order chi connectivity index (χ0) is 29.6. The van der Waals surface area contributed by atoms with Crippen LogP contribution in [0.5, 0.6) is 23.0 Å². The van der Waals surface area contributed by atoms with Crippen LogP contribution in [0.15, 0.2) is 36.4 Å². The molecule has 2 fully saturated rings. The third-order valence-corrected chi connectivity index (χ3v) is 7.42. The first-order chi connectivity index (χ1) is 19.5. The lowest BCUT2D eigenvalue weighted by molar-refractivity contribution is -0.354. The summed E-state index contributed by atoms with van der Waals surface area (Å²) in [6.45, 7) is 0.716. The van der Waals surface area contributed by atoms with Crippen LogP contribution in [-0.2, 0) is 14.2 Å². The molecule has 0 saturated carbocycles. The number of hydrogen-bond acceptors (Lipinski definition) is 14. The van der Waals surface area contributed by atoms with E-state index in [4.69, 9.17) is 23.7 Å². The summed E-state index contributed by atoms with van der Waals surface area (Å²) in [7, 11) is 0. The third-order valence-electron chi connectivity index (χ3n) is 7.42. The molecule has 224 valence electrons. The van der Waals surface area contributed by atoms with E-state index in [2.05, 4.69) is 0 Å². The highest BCUT2D eigenvalue weighted by molar-refractivity contribution is 6.02. The van der Waals surface area contributed by atoms with Gasteiger partial charge >= 0.3 is 0 Å². The van der Waals surface area contributed by atoms with E-state index in [1.807, 2.05) is 0 Å². The average molecular weight is 581 g/mol. The number of aromatic hydroxyl groups is 2. The summed E-state index contributed by atoms with van der Waals surface area (Å²) in [6, 6.07) is 8.50. The van der Waals surface area contributed by atoms with Gasteiger partial charge in [-0.05, 0) is 24.6 Å². The van der Waals surface area contributed by atoms with Crippen LogP contribution in [0.2, 0.25) is 0 Å². The molecule has 0 unspecified atom stereocenters. The van der Waals surface area contributed by atoms with Crippen LogP contribution in [0, 0.1) is 0 Å². The van der Waals surface area contributed by atoms with Gasteiger partial charge in [-0.2, -0.15) is 0 Å². The van der Waals surface area contributed by atoms with Crippen molar-refractivity contribution >= 4 is 5.78 Å². The van der Waals surface area contributed by atoms with Gasteiger partial charge in [-0.15, -0.1) is 0 Å². The van der Waals surface area contributed by atoms with Gasteiger partial charge in [-0.1, -0.05) is 12.1 Å². The molecule has 0 aliphatic carbocycles. The molecule has 3 heterocycles. The summed E-state index contributed by atoms with van der Waals surface area (Å²) in [4.78, 5) is 12.9. The second kappa shape index (κ2) is 11.7. The minimum Gasteiger partial charge on any atom is -0.508 e. The largest absolute Gasteiger partial charge is 0.508 e. The maximum atomic E-state index is 12.9. The minimum atomic E-state index is -1.75. The van der Waals surface area contributed by atoms with Crippen molar-refractivity contribution in [3.8, 4) is 23.0 Å². The van der Waals surface area contributed by atoms with E-state index < -0.39 is 85.7 Å². The van der Waals surface area contributed by atoms with E-state index in [0.29, 0.717) is 5.56 Å². The molecule has 5 rings (SSSR count). The van der Waals surface area contributed by atoms with Crippen molar-refractivity contribution in [1.29, 1.82) is 0 Å². The number of rotatable bonds is 6. The van der Waals surface area contributed by atoms with Gasteiger partial charge in [-0.3, -0.25) is 4.79 Å². The number of aliphatic hydroxyl groups excluding tert-OH is 6. The fraction of sp³-hybridized carbons (Fsp3) is 0.519. The number of ketones is 1. The molecule has 0 bridgehead atoms. The van der Waals surface area contributed by atoms with E-state index in [1.54, 1.807) is 12.1 Å². The van der Waals surface area contributed by atoms with Crippen molar-refractivity contribution in [2.45, 2.75) is 80.9 Å². The van der Waals surface area contributed by atoms with Gasteiger partial charge in [0.2, 0.25) is 6.29 Å². The van der Waals surface area contributed by atoms with Crippen LogP contribution in [0.4, 0.5) is 0 Å². The fourth-order valence-electron chi connectivity index (χ4n) is 5.07. The Hall–Kier alpha value is -3.05.